The molecule has 2 aromatic heterocycles. The van der Waals surface area contributed by atoms with Gasteiger partial charge in [0.05, 0.1) is 15.9 Å². The summed E-state index contributed by atoms with van der Waals surface area (Å²) in [6, 6.07) is 12.2. The third kappa shape index (κ3) is 4.81. The van der Waals surface area contributed by atoms with E-state index in [9.17, 15) is 14.0 Å². The SMILES string of the molecule is CNC(=O)c1cc(Oc2ccc(NC(=O)Nc3nc4ccc(C)cc4s3)c(F)c2)ccn1. The van der Waals surface area contributed by atoms with Gasteiger partial charge in [-0.2, -0.15) is 0 Å². The first-order valence-corrected chi connectivity index (χ1v) is 10.3. The largest absolute Gasteiger partial charge is 0.457 e. The summed E-state index contributed by atoms with van der Waals surface area (Å²) >= 11 is 1.33. The van der Waals surface area contributed by atoms with Gasteiger partial charge in [-0.05, 0) is 42.8 Å². The Hall–Kier alpha value is -4.05. The first-order valence-electron chi connectivity index (χ1n) is 9.52. The fraction of sp³-hybridized carbons (Fsp3) is 0.0909. The smallest absolute Gasteiger partial charge is 0.325 e. The van der Waals surface area contributed by atoms with Crippen molar-refractivity contribution in [3.63, 3.8) is 0 Å². The number of ether oxygens (including phenoxy) is 1. The van der Waals surface area contributed by atoms with Crippen LogP contribution in [0.25, 0.3) is 10.2 Å². The molecule has 2 aromatic carbocycles. The van der Waals surface area contributed by atoms with Crippen LogP contribution < -0.4 is 20.7 Å². The second-order valence-corrected chi connectivity index (χ2v) is 7.80. The van der Waals surface area contributed by atoms with Crippen molar-refractivity contribution < 1.29 is 18.7 Å². The summed E-state index contributed by atoms with van der Waals surface area (Å²) in [4.78, 5) is 32.2. The van der Waals surface area contributed by atoms with Gasteiger partial charge in [0.15, 0.2) is 5.13 Å². The number of anilines is 2. The fourth-order valence-electron chi connectivity index (χ4n) is 2.86. The predicted octanol–water partition coefficient (Wildman–Crippen LogP) is 4.93. The standard InChI is InChI=1S/C22H18FN5O3S/c1-12-3-5-17-19(9-12)32-22(27-17)28-21(30)26-16-6-4-13(10-15(16)23)31-14-7-8-25-18(11-14)20(29)24-2/h3-11H,1-2H3,(H,24,29)(H2,26,27,28,30). The third-order valence-corrected chi connectivity index (χ3v) is 5.31. The van der Waals surface area contributed by atoms with E-state index in [0.717, 1.165) is 21.8 Å². The van der Waals surface area contributed by atoms with Gasteiger partial charge in [0.1, 0.15) is 23.0 Å². The maximum atomic E-state index is 14.5. The van der Waals surface area contributed by atoms with Crippen molar-refractivity contribution in [2.75, 3.05) is 17.7 Å². The highest BCUT2D eigenvalue weighted by molar-refractivity contribution is 7.22. The van der Waals surface area contributed by atoms with Crippen LogP contribution in [-0.4, -0.2) is 29.0 Å². The molecule has 162 valence electrons. The van der Waals surface area contributed by atoms with Gasteiger partial charge in [-0.25, -0.2) is 14.2 Å². The van der Waals surface area contributed by atoms with Gasteiger partial charge in [-0.1, -0.05) is 17.4 Å². The summed E-state index contributed by atoms with van der Waals surface area (Å²) in [5, 5.41) is 7.96. The van der Waals surface area contributed by atoms with E-state index in [1.165, 1.54) is 42.8 Å². The molecular formula is C22H18FN5O3S. The number of pyridine rings is 1. The molecule has 4 aromatic rings. The lowest BCUT2D eigenvalue weighted by Crippen LogP contribution is -2.20. The van der Waals surface area contributed by atoms with E-state index in [1.54, 1.807) is 6.07 Å². The average molecular weight is 451 g/mol. The second kappa shape index (κ2) is 8.98. The Labute approximate surface area is 186 Å². The molecule has 0 spiro atoms. The van der Waals surface area contributed by atoms with Crippen LogP contribution in [0.4, 0.5) is 20.0 Å². The number of amides is 3. The van der Waals surface area contributed by atoms with Crippen LogP contribution in [-0.2, 0) is 0 Å². The molecule has 0 fully saturated rings. The zero-order valence-corrected chi connectivity index (χ0v) is 17.9. The van der Waals surface area contributed by atoms with E-state index in [4.69, 9.17) is 4.74 Å². The summed E-state index contributed by atoms with van der Waals surface area (Å²) in [5.41, 5.74) is 2.02. The number of halogens is 1. The van der Waals surface area contributed by atoms with Gasteiger partial charge in [0.25, 0.3) is 5.91 Å². The maximum absolute atomic E-state index is 14.5. The number of aromatic nitrogens is 2. The fourth-order valence-corrected chi connectivity index (χ4v) is 3.82. The van der Waals surface area contributed by atoms with Crippen LogP contribution in [0, 0.1) is 12.7 Å². The number of benzene rings is 2. The Kier molecular flexibility index (Phi) is 5.95. The minimum Gasteiger partial charge on any atom is -0.457 e. The number of hydrogen-bond donors (Lipinski definition) is 3. The number of aryl methyl sites for hydroxylation is 1. The minimum atomic E-state index is -0.682. The molecule has 3 N–H and O–H groups in total. The topological polar surface area (TPSA) is 105 Å². The van der Waals surface area contributed by atoms with Crippen LogP contribution in [0.15, 0.2) is 54.7 Å². The van der Waals surface area contributed by atoms with Gasteiger partial charge in [-0.15, -0.1) is 0 Å². The van der Waals surface area contributed by atoms with Crippen LogP contribution in [0.1, 0.15) is 16.1 Å². The summed E-state index contributed by atoms with van der Waals surface area (Å²) in [5.74, 6) is -0.528. The lowest BCUT2D eigenvalue weighted by molar-refractivity contribution is 0.0958. The molecule has 0 atom stereocenters. The number of carbonyl (C=O) groups is 2. The number of thiazole rings is 1. The number of nitrogens with one attached hydrogen (secondary N) is 3. The number of urea groups is 1. The Morgan fingerprint density at radius 3 is 2.62 bits per heavy atom. The zero-order chi connectivity index (χ0) is 22.7. The molecule has 0 aliphatic heterocycles. The van der Waals surface area contributed by atoms with E-state index in [-0.39, 0.29) is 23.0 Å². The molecule has 32 heavy (non-hydrogen) atoms. The summed E-state index contributed by atoms with van der Waals surface area (Å²) in [6.45, 7) is 1.98. The lowest BCUT2D eigenvalue weighted by atomic mass is 10.2. The monoisotopic (exact) mass is 451 g/mol. The molecule has 0 saturated carbocycles. The Morgan fingerprint density at radius 2 is 1.84 bits per heavy atom. The van der Waals surface area contributed by atoms with Crippen molar-refractivity contribution in [2.24, 2.45) is 0 Å². The number of fused-ring (bicyclic) bond motifs is 1. The van der Waals surface area contributed by atoms with Crippen molar-refractivity contribution >= 4 is 44.3 Å². The van der Waals surface area contributed by atoms with E-state index in [0.29, 0.717) is 10.9 Å². The molecule has 2 heterocycles. The van der Waals surface area contributed by atoms with Crippen LogP contribution in [0.5, 0.6) is 11.5 Å². The quantitative estimate of drug-likeness (QED) is 0.399. The lowest BCUT2D eigenvalue weighted by Gasteiger charge is -2.10. The number of rotatable bonds is 5. The third-order valence-electron chi connectivity index (χ3n) is 4.38. The number of hydrogen-bond acceptors (Lipinski definition) is 6. The number of carbonyl (C=O) groups excluding carboxylic acids is 2. The van der Waals surface area contributed by atoms with Crippen LogP contribution in [0.3, 0.4) is 0 Å². The molecule has 0 aliphatic carbocycles. The van der Waals surface area contributed by atoms with Gasteiger partial charge < -0.3 is 15.4 Å². The van der Waals surface area contributed by atoms with Crippen molar-refractivity contribution in [1.82, 2.24) is 15.3 Å². The molecular weight excluding hydrogens is 433 g/mol. The number of nitrogens with zero attached hydrogens (tertiary/aromatic N) is 2. The van der Waals surface area contributed by atoms with Gasteiger partial charge >= 0.3 is 6.03 Å². The Bertz CT molecular complexity index is 1320. The van der Waals surface area contributed by atoms with E-state index < -0.39 is 11.8 Å². The van der Waals surface area contributed by atoms with E-state index in [2.05, 4.69) is 25.9 Å². The van der Waals surface area contributed by atoms with E-state index >= 15 is 0 Å². The summed E-state index contributed by atoms with van der Waals surface area (Å²) in [7, 11) is 1.49. The Morgan fingerprint density at radius 1 is 1.03 bits per heavy atom. The predicted molar refractivity (Wildman–Crippen MR) is 121 cm³/mol. The zero-order valence-electron chi connectivity index (χ0n) is 17.1. The Balaban J connectivity index is 1.42. The highest BCUT2D eigenvalue weighted by atomic mass is 32.1. The van der Waals surface area contributed by atoms with Gasteiger partial charge in [-0.3, -0.25) is 15.1 Å². The van der Waals surface area contributed by atoms with Crippen molar-refractivity contribution in [2.45, 2.75) is 6.92 Å². The molecule has 8 nitrogen and oxygen atoms in total. The highest BCUT2D eigenvalue weighted by Gasteiger charge is 2.12. The molecule has 0 radical (unpaired) electrons. The van der Waals surface area contributed by atoms with Crippen molar-refractivity contribution in [1.29, 1.82) is 0 Å². The molecule has 0 bridgehead atoms. The average Bonchev–Trinajstić information content (AvgIpc) is 3.16. The normalized spacial score (nSPS) is 10.6. The van der Waals surface area contributed by atoms with Gasteiger partial charge in [0.2, 0.25) is 0 Å². The molecule has 10 heteroatoms. The maximum Gasteiger partial charge on any atom is 0.325 e. The summed E-state index contributed by atoms with van der Waals surface area (Å²) in [6.07, 6.45) is 1.42. The summed E-state index contributed by atoms with van der Waals surface area (Å²) < 4.78 is 21.1. The highest BCUT2D eigenvalue weighted by Crippen LogP contribution is 2.28. The molecule has 3 amide bonds. The van der Waals surface area contributed by atoms with Crippen LogP contribution >= 0.6 is 11.3 Å². The first-order chi connectivity index (χ1) is 15.4. The van der Waals surface area contributed by atoms with Crippen molar-refractivity contribution in [3.8, 4) is 11.5 Å². The second-order valence-electron chi connectivity index (χ2n) is 6.77. The van der Waals surface area contributed by atoms with Crippen molar-refractivity contribution in [3.05, 3.63) is 71.8 Å². The van der Waals surface area contributed by atoms with Gasteiger partial charge in [0, 0.05) is 25.4 Å². The minimum absolute atomic E-state index is 0.0208. The van der Waals surface area contributed by atoms with E-state index in [1.807, 2.05) is 25.1 Å². The first kappa shape index (κ1) is 21.2. The molecule has 4 rings (SSSR count). The van der Waals surface area contributed by atoms with Crippen LogP contribution in [0.2, 0.25) is 0 Å². The molecule has 0 unspecified atom stereocenters. The molecule has 0 aliphatic rings. The molecule has 0 saturated heterocycles.